The number of nitrogens with zero attached hydrogens (tertiary/aromatic N) is 2. The molecule has 12 heteroatoms. The summed E-state index contributed by atoms with van der Waals surface area (Å²) < 4.78 is 81.5. The molecule has 2 aromatic rings. The van der Waals surface area contributed by atoms with E-state index in [-0.39, 0.29) is 17.0 Å². The van der Waals surface area contributed by atoms with Gasteiger partial charge in [0, 0.05) is 44.3 Å². The van der Waals surface area contributed by atoms with Gasteiger partial charge in [0.15, 0.2) is 6.61 Å². The molecule has 0 bridgehead atoms. The second kappa shape index (κ2) is 10.6. The van der Waals surface area contributed by atoms with E-state index in [1.54, 1.807) is 0 Å². The molecule has 0 unspecified atom stereocenters. The van der Waals surface area contributed by atoms with Crippen molar-refractivity contribution in [1.29, 1.82) is 0 Å². The maximum Gasteiger partial charge on any atom is 0.417 e. The lowest BCUT2D eigenvalue weighted by atomic mass is 9.97. The molecule has 1 aliphatic rings. The molecular weight excluding hydrogens is 503 g/mol. The van der Waals surface area contributed by atoms with E-state index >= 15 is 8.78 Å². The fourth-order valence-electron chi connectivity index (χ4n) is 3.67. The second-order valence-electron chi connectivity index (χ2n) is 8.29. The van der Waals surface area contributed by atoms with Crippen LogP contribution in [0.1, 0.15) is 27.9 Å². The highest BCUT2D eigenvalue weighted by Crippen LogP contribution is 2.44. The summed E-state index contributed by atoms with van der Waals surface area (Å²) in [6.07, 6.45) is -5.35. The zero-order valence-corrected chi connectivity index (χ0v) is 20.1. The number of likely N-dealkylation sites (N-methyl/N-ethyl adjacent to an activating group) is 1. The summed E-state index contributed by atoms with van der Waals surface area (Å²) in [5, 5.41) is 0. The molecule has 3 rings (SSSR count). The summed E-state index contributed by atoms with van der Waals surface area (Å²) >= 11 is 0. The molecule has 0 aliphatic carbocycles. The smallest absolute Gasteiger partial charge is 0.417 e. The maximum absolute atomic E-state index is 15.0. The Balaban J connectivity index is 2.07. The van der Waals surface area contributed by atoms with E-state index in [1.807, 2.05) is 0 Å². The Hall–Kier alpha value is -3.96. The molecule has 1 heterocycles. The van der Waals surface area contributed by atoms with Crippen LogP contribution in [0.4, 0.5) is 27.6 Å². The number of alkyl halides is 5. The van der Waals surface area contributed by atoms with Gasteiger partial charge in [0.25, 0.3) is 17.7 Å². The number of amides is 2. The van der Waals surface area contributed by atoms with Crippen LogP contribution < -0.4 is 9.64 Å². The summed E-state index contributed by atoms with van der Waals surface area (Å²) in [6, 6.07) is 7.92. The lowest BCUT2D eigenvalue weighted by molar-refractivity contribution is -0.138. The summed E-state index contributed by atoms with van der Waals surface area (Å²) in [7, 11) is 3.91. The van der Waals surface area contributed by atoms with Crippen LogP contribution in [0.2, 0.25) is 0 Å². The molecule has 2 amide bonds. The van der Waals surface area contributed by atoms with Crippen molar-refractivity contribution in [2.24, 2.45) is 0 Å². The van der Waals surface area contributed by atoms with Crippen LogP contribution in [0.25, 0.3) is 5.57 Å². The van der Waals surface area contributed by atoms with Crippen LogP contribution in [0, 0.1) is 0 Å². The highest BCUT2D eigenvalue weighted by atomic mass is 19.4. The number of allylic oxidation sites excluding steroid dienone is 1. The number of fused-ring (bicyclic) bond motifs is 1. The van der Waals surface area contributed by atoms with Crippen LogP contribution >= 0.6 is 0 Å². The molecule has 7 nitrogen and oxygen atoms in total. The van der Waals surface area contributed by atoms with Gasteiger partial charge in [-0.3, -0.25) is 9.59 Å². The van der Waals surface area contributed by atoms with Crippen molar-refractivity contribution in [3.05, 3.63) is 65.2 Å². The average molecular weight is 526 g/mol. The zero-order valence-electron chi connectivity index (χ0n) is 20.1. The SMILES string of the molecule is COC(=O)C=C1c2ccccc2N(C(=O)c2ccc(OCC(=O)N(C)C)cc2C(F)(F)F)CCC1(F)F. The van der Waals surface area contributed by atoms with E-state index < -0.39 is 66.2 Å². The molecule has 0 atom stereocenters. The van der Waals surface area contributed by atoms with Crippen molar-refractivity contribution >= 4 is 29.0 Å². The Bertz CT molecular complexity index is 1240. The van der Waals surface area contributed by atoms with Crippen LogP contribution in [0.5, 0.6) is 5.75 Å². The Labute approximate surface area is 209 Å². The molecule has 0 fully saturated rings. The predicted molar refractivity (Wildman–Crippen MR) is 123 cm³/mol. The van der Waals surface area contributed by atoms with Crippen LogP contribution in [-0.2, 0) is 20.5 Å². The van der Waals surface area contributed by atoms with Crippen molar-refractivity contribution in [1.82, 2.24) is 4.90 Å². The van der Waals surface area contributed by atoms with Crippen LogP contribution in [0.15, 0.2) is 48.5 Å². The summed E-state index contributed by atoms with van der Waals surface area (Å²) in [4.78, 5) is 38.9. The third kappa shape index (κ3) is 6.07. The van der Waals surface area contributed by atoms with Gasteiger partial charge in [-0.15, -0.1) is 0 Å². The highest BCUT2D eigenvalue weighted by Gasteiger charge is 2.43. The normalized spacial score (nSPS) is 16.0. The number of benzene rings is 2. The van der Waals surface area contributed by atoms with Gasteiger partial charge in [0.2, 0.25) is 0 Å². The van der Waals surface area contributed by atoms with E-state index in [4.69, 9.17) is 4.74 Å². The molecule has 0 spiro atoms. The monoisotopic (exact) mass is 526 g/mol. The van der Waals surface area contributed by atoms with E-state index in [1.165, 1.54) is 43.3 Å². The van der Waals surface area contributed by atoms with Gasteiger partial charge >= 0.3 is 12.1 Å². The first-order valence-electron chi connectivity index (χ1n) is 10.9. The molecule has 0 radical (unpaired) electrons. The number of methoxy groups -OCH3 is 1. The van der Waals surface area contributed by atoms with Gasteiger partial charge in [-0.1, -0.05) is 18.2 Å². The molecule has 198 valence electrons. The van der Waals surface area contributed by atoms with Gasteiger partial charge in [0.1, 0.15) is 5.75 Å². The molecule has 0 N–H and O–H groups in total. The molecule has 0 aromatic heterocycles. The number of ether oxygens (including phenoxy) is 2. The van der Waals surface area contributed by atoms with Gasteiger partial charge in [-0.2, -0.15) is 13.2 Å². The van der Waals surface area contributed by atoms with E-state index in [2.05, 4.69) is 4.74 Å². The number of esters is 1. The number of rotatable bonds is 5. The van der Waals surface area contributed by atoms with Gasteiger partial charge in [-0.05, 0) is 24.3 Å². The Morgan fingerprint density at radius 1 is 1.11 bits per heavy atom. The largest absolute Gasteiger partial charge is 0.484 e. The molecule has 0 saturated carbocycles. The van der Waals surface area contributed by atoms with E-state index in [9.17, 15) is 27.6 Å². The van der Waals surface area contributed by atoms with Crippen molar-refractivity contribution in [2.75, 3.05) is 39.3 Å². The van der Waals surface area contributed by atoms with Crippen LogP contribution in [-0.4, -0.2) is 63.0 Å². The third-order valence-electron chi connectivity index (χ3n) is 5.62. The minimum absolute atomic E-state index is 0.0927. The standard InChI is InChI=1S/C25H23F5N2O5/c1-31(2)21(33)14-37-15-8-9-17(19(12-15)25(28,29)30)23(35)32-11-10-24(26,27)18(13-22(34)36-3)16-6-4-5-7-20(16)32/h4-9,12-13H,10-11,14H2,1-3H3. The lowest BCUT2D eigenvalue weighted by Crippen LogP contribution is -2.34. The third-order valence-corrected chi connectivity index (χ3v) is 5.62. The van der Waals surface area contributed by atoms with Crippen LogP contribution in [0.3, 0.4) is 0 Å². The first kappa shape index (κ1) is 27.6. The maximum atomic E-state index is 15.0. The fraction of sp³-hybridized carbons (Fsp3) is 0.320. The molecular formula is C25H23F5N2O5. The number of halogens is 5. The zero-order chi connectivity index (χ0) is 27.5. The van der Waals surface area contributed by atoms with Crippen molar-refractivity contribution in [3.63, 3.8) is 0 Å². The van der Waals surface area contributed by atoms with Gasteiger partial charge in [-0.25, -0.2) is 13.6 Å². The highest BCUT2D eigenvalue weighted by molar-refractivity contribution is 6.09. The van der Waals surface area contributed by atoms with Crippen molar-refractivity contribution < 1.29 is 45.8 Å². The second-order valence-corrected chi connectivity index (χ2v) is 8.29. The first-order chi connectivity index (χ1) is 17.3. The van der Waals surface area contributed by atoms with Gasteiger partial charge < -0.3 is 19.3 Å². The van der Waals surface area contributed by atoms with Crippen molar-refractivity contribution in [3.8, 4) is 5.75 Å². The summed E-state index contributed by atoms with van der Waals surface area (Å²) in [5.74, 6) is -6.60. The fourth-order valence-corrected chi connectivity index (χ4v) is 3.67. The Morgan fingerprint density at radius 3 is 2.41 bits per heavy atom. The molecule has 0 saturated heterocycles. The number of carbonyl (C=O) groups is 3. The molecule has 2 aromatic carbocycles. The summed E-state index contributed by atoms with van der Waals surface area (Å²) in [5.41, 5.74) is -3.15. The lowest BCUT2D eigenvalue weighted by Gasteiger charge is -2.24. The quantitative estimate of drug-likeness (QED) is 0.328. The number of hydrogen-bond donors (Lipinski definition) is 0. The average Bonchev–Trinajstić information content (AvgIpc) is 2.95. The minimum Gasteiger partial charge on any atom is -0.484 e. The van der Waals surface area contributed by atoms with Crippen molar-refractivity contribution in [2.45, 2.75) is 18.5 Å². The number of anilines is 1. The minimum atomic E-state index is -5.00. The molecule has 37 heavy (non-hydrogen) atoms. The van der Waals surface area contributed by atoms with E-state index in [0.717, 1.165) is 24.1 Å². The number of hydrogen-bond acceptors (Lipinski definition) is 5. The predicted octanol–water partition coefficient (Wildman–Crippen LogP) is 4.41. The number of para-hydroxylation sites is 1. The van der Waals surface area contributed by atoms with E-state index in [0.29, 0.717) is 12.1 Å². The summed E-state index contributed by atoms with van der Waals surface area (Å²) in [6.45, 7) is -1.16. The Kier molecular flexibility index (Phi) is 7.89. The Morgan fingerprint density at radius 2 is 1.78 bits per heavy atom. The van der Waals surface area contributed by atoms with Gasteiger partial charge in [0.05, 0.1) is 23.9 Å². The molecule has 1 aliphatic heterocycles. The first-order valence-corrected chi connectivity index (χ1v) is 10.9. The number of carbonyl (C=O) groups excluding carboxylic acids is 3. The topological polar surface area (TPSA) is 76.1 Å².